The Kier molecular flexibility index (Phi) is 6.05. The van der Waals surface area contributed by atoms with E-state index in [0.29, 0.717) is 43.9 Å². The second kappa shape index (κ2) is 9.33. The molecule has 0 atom stereocenters. The number of carbonyl (C=O) groups excluding carboxylic acids is 1. The number of amides is 1. The van der Waals surface area contributed by atoms with Crippen molar-refractivity contribution in [3.63, 3.8) is 0 Å². The summed E-state index contributed by atoms with van der Waals surface area (Å²) in [4.78, 5) is 45.7. The van der Waals surface area contributed by atoms with E-state index < -0.39 is 4.92 Å². The Labute approximate surface area is 205 Å². The van der Waals surface area contributed by atoms with E-state index in [1.54, 1.807) is 21.7 Å². The van der Waals surface area contributed by atoms with Crippen molar-refractivity contribution in [1.82, 2.24) is 29.9 Å². The zero-order valence-electron chi connectivity index (χ0n) is 20.0. The molecule has 11 nitrogen and oxygen atoms in total. The van der Waals surface area contributed by atoms with E-state index in [4.69, 9.17) is 4.98 Å². The highest BCUT2D eigenvalue weighted by molar-refractivity contribution is 5.98. The van der Waals surface area contributed by atoms with E-state index in [0.717, 1.165) is 16.7 Å². The van der Waals surface area contributed by atoms with Crippen LogP contribution >= 0.6 is 0 Å². The number of nitro groups is 1. The van der Waals surface area contributed by atoms with Crippen LogP contribution in [0.1, 0.15) is 51.6 Å². The highest BCUT2D eigenvalue weighted by Crippen LogP contribution is 2.28. The lowest BCUT2D eigenvalue weighted by molar-refractivity contribution is -0.385. The average molecular weight is 488 g/mol. The number of piperidine rings is 1. The lowest BCUT2D eigenvalue weighted by atomic mass is 9.95. The summed E-state index contributed by atoms with van der Waals surface area (Å²) >= 11 is 0. The fourth-order valence-corrected chi connectivity index (χ4v) is 4.66. The van der Waals surface area contributed by atoms with Gasteiger partial charge in [0.1, 0.15) is 11.4 Å². The van der Waals surface area contributed by atoms with Crippen molar-refractivity contribution in [1.29, 1.82) is 0 Å². The predicted molar refractivity (Wildman–Crippen MR) is 132 cm³/mol. The van der Waals surface area contributed by atoms with Gasteiger partial charge in [0, 0.05) is 25.1 Å². The van der Waals surface area contributed by atoms with Crippen LogP contribution in [0.4, 0.5) is 5.69 Å². The van der Waals surface area contributed by atoms with Crippen LogP contribution in [0.2, 0.25) is 0 Å². The van der Waals surface area contributed by atoms with E-state index >= 15 is 0 Å². The molecular weight excluding hydrogens is 462 g/mol. The largest absolute Gasteiger partial charge is 0.338 e. The van der Waals surface area contributed by atoms with Gasteiger partial charge in [-0.1, -0.05) is 41.1 Å². The maximum atomic E-state index is 13.0. The maximum Gasteiger partial charge on any atom is 0.282 e. The zero-order valence-corrected chi connectivity index (χ0v) is 20.0. The maximum absolute atomic E-state index is 13.0. The highest BCUT2D eigenvalue weighted by Gasteiger charge is 2.30. The Morgan fingerprint density at radius 1 is 1.17 bits per heavy atom. The van der Waals surface area contributed by atoms with E-state index in [1.807, 2.05) is 19.9 Å². The van der Waals surface area contributed by atoms with Gasteiger partial charge in [0.15, 0.2) is 11.2 Å². The number of carbonyl (C=O) groups is 1. The first-order valence-electron chi connectivity index (χ1n) is 11.7. The molecule has 0 spiro atoms. The summed E-state index contributed by atoms with van der Waals surface area (Å²) in [6.07, 6.45) is 1.14. The molecule has 0 aliphatic carbocycles. The van der Waals surface area contributed by atoms with Crippen molar-refractivity contribution < 1.29 is 9.72 Å². The molecule has 1 fully saturated rings. The molecule has 0 bridgehead atoms. The fraction of sp³-hybridized carbons (Fsp3) is 0.320. The number of likely N-dealkylation sites (tertiary alicyclic amines) is 1. The molecule has 1 N–H and O–H groups in total. The molecule has 0 radical (unpaired) electrons. The number of hydrogen-bond donors (Lipinski definition) is 1. The van der Waals surface area contributed by atoms with E-state index in [1.165, 1.54) is 12.1 Å². The molecule has 5 rings (SSSR count). The number of nitro benzene ring substituents is 1. The van der Waals surface area contributed by atoms with Crippen molar-refractivity contribution >= 4 is 22.8 Å². The number of aromatic nitrogens is 5. The average Bonchev–Trinajstić information content (AvgIpc) is 3.29. The monoisotopic (exact) mass is 487 g/mol. The third kappa shape index (κ3) is 4.35. The number of fused-ring (bicyclic) bond motifs is 1. The molecule has 11 heteroatoms. The van der Waals surface area contributed by atoms with Crippen LogP contribution in [0.15, 0.2) is 47.3 Å². The van der Waals surface area contributed by atoms with Gasteiger partial charge in [-0.2, -0.15) is 0 Å². The quantitative estimate of drug-likeness (QED) is 0.337. The molecule has 1 aliphatic heterocycles. The van der Waals surface area contributed by atoms with Crippen molar-refractivity contribution in [2.24, 2.45) is 0 Å². The van der Waals surface area contributed by atoms with Crippen LogP contribution in [0.3, 0.4) is 0 Å². The van der Waals surface area contributed by atoms with Crippen molar-refractivity contribution in [3.05, 3.63) is 91.0 Å². The molecule has 3 heterocycles. The number of para-hydroxylation sites is 1. The molecule has 2 aromatic heterocycles. The first-order valence-corrected chi connectivity index (χ1v) is 11.7. The molecule has 0 saturated carbocycles. The second-order valence-electron chi connectivity index (χ2n) is 9.14. The number of hydrogen-bond acceptors (Lipinski definition) is 7. The van der Waals surface area contributed by atoms with Crippen LogP contribution in [0, 0.1) is 24.0 Å². The molecule has 184 valence electrons. The predicted octanol–water partition coefficient (Wildman–Crippen LogP) is 3.11. The van der Waals surface area contributed by atoms with Crippen LogP contribution < -0.4 is 5.56 Å². The van der Waals surface area contributed by atoms with E-state index in [2.05, 4.69) is 27.4 Å². The van der Waals surface area contributed by atoms with Crippen molar-refractivity contribution in [2.75, 3.05) is 13.1 Å². The minimum Gasteiger partial charge on any atom is -0.338 e. The molecule has 4 aromatic rings. The first-order chi connectivity index (χ1) is 17.3. The molecule has 36 heavy (non-hydrogen) atoms. The van der Waals surface area contributed by atoms with E-state index in [-0.39, 0.29) is 34.2 Å². The number of aryl methyl sites for hydroxylation is 2. The fourth-order valence-electron chi connectivity index (χ4n) is 4.66. The normalized spacial score (nSPS) is 14.3. The summed E-state index contributed by atoms with van der Waals surface area (Å²) in [6.45, 7) is 5.30. The van der Waals surface area contributed by atoms with Gasteiger partial charge < -0.3 is 9.88 Å². The molecule has 0 unspecified atom stereocenters. The summed E-state index contributed by atoms with van der Waals surface area (Å²) < 4.78 is 1.64. The summed E-state index contributed by atoms with van der Waals surface area (Å²) in [5, 5.41) is 19.5. The van der Waals surface area contributed by atoms with Crippen LogP contribution in [-0.2, 0) is 6.54 Å². The molecule has 2 aromatic carbocycles. The topological polar surface area (TPSA) is 140 Å². The van der Waals surface area contributed by atoms with Crippen molar-refractivity contribution in [2.45, 2.75) is 39.2 Å². The zero-order chi connectivity index (χ0) is 25.4. The van der Waals surface area contributed by atoms with Gasteiger partial charge in [-0.15, -0.1) is 5.10 Å². The summed E-state index contributed by atoms with van der Waals surface area (Å²) in [5.74, 6) is 0.101. The minimum absolute atomic E-state index is 0.0686. The Balaban J connectivity index is 1.36. The van der Waals surface area contributed by atoms with Gasteiger partial charge in [0.2, 0.25) is 0 Å². The van der Waals surface area contributed by atoms with Crippen LogP contribution in [-0.4, -0.2) is 53.8 Å². The Morgan fingerprint density at radius 3 is 2.67 bits per heavy atom. The molecule has 1 amide bonds. The molecule has 1 aliphatic rings. The second-order valence-corrected chi connectivity index (χ2v) is 9.14. The highest BCUT2D eigenvalue weighted by atomic mass is 16.6. The Hall–Kier alpha value is -4.41. The third-order valence-corrected chi connectivity index (χ3v) is 6.72. The third-order valence-electron chi connectivity index (χ3n) is 6.72. The first kappa shape index (κ1) is 23.3. The standard InChI is InChI=1S/C25H25N7O4/c1-15-7-8-16(2)18(13-15)14-31-23-21(28-29-31)24(33)27-22(26-23)17-9-11-30(12-10-17)25(34)19-5-3-4-6-20(19)32(35)36/h3-8,13,17H,9-12,14H2,1-2H3,(H,26,27,33). The van der Waals surface area contributed by atoms with E-state index in [9.17, 15) is 19.7 Å². The van der Waals surface area contributed by atoms with Gasteiger partial charge in [0.25, 0.3) is 17.2 Å². The number of nitrogens with one attached hydrogen (secondary N) is 1. The number of aromatic amines is 1. The summed E-state index contributed by atoms with van der Waals surface area (Å²) in [6, 6.07) is 12.1. The summed E-state index contributed by atoms with van der Waals surface area (Å²) in [7, 11) is 0. The SMILES string of the molecule is Cc1ccc(C)c(Cn2nnc3c(=O)[nH]c(C4CCN(C(=O)c5ccccc5[N+](=O)[O-])CC4)nc32)c1. The van der Waals surface area contributed by atoms with Crippen molar-refractivity contribution in [3.8, 4) is 0 Å². The Bertz CT molecular complexity index is 1530. The molecule has 1 saturated heterocycles. The lowest BCUT2D eigenvalue weighted by Gasteiger charge is -2.31. The minimum atomic E-state index is -0.542. The van der Waals surface area contributed by atoms with Gasteiger partial charge in [0.05, 0.1) is 11.5 Å². The smallest absolute Gasteiger partial charge is 0.282 e. The summed E-state index contributed by atoms with van der Waals surface area (Å²) in [5.41, 5.74) is 3.47. The number of benzene rings is 2. The van der Waals surface area contributed by atoms with Gasteiger partial charge >= 0.3 is 0 Å². The number of H-pyrrole nitrogens is 1. The lowest BCUT2D eigenvalue weighted by Crippen LogP contribution is -2.38. The number of nitrogens with zero attached hydrogens (tertiary/aromatic N) is 6. The van der Waals surface area contributed by atoms with Gasteiger partial charge in [-0.3, -0.25) is 19.7 Å². The molecular formula is C25H25N7O4. The Morgan fingerprint density at radius 2 is 1.92 bits per heavy atom. The van der Waals surface area contributed by atoms with Gasteiger partial charge in [-0.25, -0.2) is 9.67 Å². The number of rotatable bonds is 5. The van der Waals surface area contributed by atoms with Crippen LogP contribution in [0.25, 0.3) is 11.2 Å². The van der Waals surface area contributed by atoms with Gasteiger partial charge in [-0.05, 0) is 43.9 Å². The van der Waals surface area contributed by atoms with Crippen LogP contribution in [0.5, 0.6) is 0 Å².